The number of anilines is 3. The van der Waals surface area contributed by atoms with Gasteiger partial charge < -0.3 is 9.47 Å². The van der Waals surface area contributed by atoms with Gasteiger partial charge >= 0.3 is 0 Å². The Hall–Kier alpha value is -5.08. The van der Waals surface area contributed by atoms with E-state index in [1.54, 1.807) is 5.56 Å². The Balaban J connectivity index is 1.04. The molecule has 2 nitrogen and oxygen atoms in total. The van der Waals surface area contributed by atoms with E-state index in [0.29, 0.717) is 10.8 Å². The van der Waals surface area contributed by atoms with Crippen molar-refractivity contribution in [2.24, 2.45) is 23.2 Å². The highest BCUT2D eigenvalue weighted by atomic mass is 15.1. The molecule has 60 heavy (non-hydrogen) atoms. The summed E-state index contributed by atoms with van der Waals surface area (Å²) in [5, 5.41) is 2.62. The molecule has 5 aliphatic rings. The van der Waals surface area contributed by atoms with Crippen LogP contribution in [0.4, 0.5) is 17.1 Å². The number of fused-ring (bicyclic) bond motifs is 5. The van der Waals surface area contributed by atoms with Crippen molar-refractivity contribution in [2.75, 3.05) is 4.90 Å². The first kappa shape index (κ1) is 36.7. The van der Waals surface area contributed by atoms with Crippen molar-refractivity contribution in [1.29, 1.82) is 0 Å². The monoisotopic (exact) mass is 784 g/mol. The number of rotatable bonds is 6. The first-order chi connectivity index (χ1) is 28.8. The quantitative estimate of drug-likeness (QED) is 0.163. The average molecular weight is 785 g/mol. The highest BCUT2D eigenvalue weighted by Crippen LogP contribution is 2.86. The van der Waals surface area contributed by atoms with Gasteiger partial charge in [0.1, 0.15) is 0 Å². The van der Waals surface area contributed by atoms with E-state index in [4.69, 9.17) is 0 Å². The van der Waals surface area contributed by atoms with E-state index in [-0.39, 0.29) is 16.2 Å². The SMILES string of the molecule is CC(C)(C)c1ccc2c(c1)c1ccc(N(c3ccc(-c4ccccc4)cc3)c3ccc(C45CC6CC7CC(C4)C75C6)cc3)cc1n2-c1ccc2c(c1)C(C)(C)CCC2(C)C. The van der Waals surface area contributed by atoms with Gasteiger partial charge in [0.15, 0.2) is 0 Å². The zero-order chi connectivity index (χ0) is 41.0. The molecule has 1 aromatic heterocycles. The summed E-state index contributed by atoms with van der Waals surface area (Å²) in [5.41, 5.74) is 17.2. The molecule has 2 heteroatoms. The summed E-state index contributed by atoms with van der Waals surface area (Å²) in [6, 6.07) is 51.8. The van der Waals surface area contributed by atoms with Gasteiger partial charge in [0.25, 0.3) is 0 Å². The number of benzene rings is 6. The molecule has 0 saturated heterocycles. The summed E-state index contributed by atoms with van der Waals surface area (Å²) < 4.78 is 2.56. The molecule has 6 aromatic carbocycles. The van der Waals surface area contributed by atoms with Gasteiger partial charge in [-0.2, -0.15) is 0 Å². The van der Waals surface area contributed by atoms with Crippen LogP contribution in [0, 0.1) is 23.2 Å². The maximum Gasteiger partial charge on any atom is 0.0561 e. The summed E-state index contributed by atoms with van der Waals surface area (Å²) in [6.45, 7) is 16.7. The van der Waals surface area contributed by atoms with Gasteiger partial charge in [-0.1, -0.05) is 121 Å². The third-order valence-corrected chi connectivity index (χ3v) is 17.3. The maximum atomic E-state index is 2.56. The van der Waals surface area contributed by atoms with Crippen molar-refractivity contribution >= 4 is 38.9 Å². The van der Waals surface area contributed by atoms with Crippen LogP contribution in [0.3, 0.4) is 0 Å². The van der Waals surface area contributed by atoms with Crippen molar-refractivity contribution in [3.8, 4) is 16.8 Å². The Morgan fingerprint density at radius 2 is 1.23 bits per heavy atom. The van der Waals surface area contributed by atoms with Crippen molar-refractivity contribution in [2.45, 2.75) is 115 Å². The molecule has 1 heterocycles. The van der Waals surface area contributed by atoms with Crippen LogP contribution in [0.2, 0.25) is 0 Å². The molecule has 4 saturated carbocycles. The summed E-state index contributed by atoms with van der Waals surface area (Å²) in [7, 11) is 0. The molecule has 302 valence electrons. The lowest BCUT2D eigenvalue weighted by Crippen LogP contribution is -2.68. The normalized spacial score (nSPS) is 26.7. The van der Waals surface area contributed by atoms with E-state index in [9.17, 15) is 0 Å². The molecule has 5 atom stereocenters. The Labute approximate surface area is 357 Å². The molecule has 0 radical (unpaired) electrons. The van der Waals surface area contributed by atoms with Gasteiger partial charge in [-0.15, -0.1) is 0 Å². The molecule has 12 rings (SSSR count). The molecule has 0 aliphatic heterocycles. The van der Waals surface area contributed by atoms with E-state index in [2.05, 4.69) is 191 Å². The first-order valence-corrected chi connectivity index (χ1v) is 23.1. The van der Waals surface area contributed by atoms with Crippen molar-refractivity contribution in [1.82, 2.24) is 4.57 Å². The van der Waals surface area contributed by atoms with Gasteiger partial charge in [-0.25, -0.2) is 0 Å². The molecule has 0 amide bonds. The van der Waals surface area contributed by atoms with E-state index in [0.717, 1.165) is 17.8 Å². The number of hydrogen-bond acceptors (Lipinski definition) is 1. The smallest absolute Gasteiger partial charge is 0.0561 e. The van der Waals surface area contributed by atoms with Crippen molar-refractivity contribution < 1.29 is 0 Å². The van der Waals surface area contributed by atoms with Crippen molar-refractivity contribution in [3.63, 3.8) is 0 Å². The third-order valence-electron chi connectivity index (χ3n) is 17.3. The second-order valence-electron chi connectivity index (χ2n) is 22.3. The van der Waals surface area contributed by atoms with E-state index in [1.165, 1.54) is 117 Å². The van der Waals surface area contributed by atoms with Gasteiger partial charge in [0, 0.05) is 38.9 Å². The Morgan fingerprint density at radius 1 is 0.550 bits per heavy atom. The maximum absolute atomic E-state index is 2.56. The first-order valence-electron chi connectivity index (χ1n) is 23.1. The molecule has 0 N–H and O–H groups in total. The Bertz CT molecular complexity index is 2850. The zero-order valence-corrected chi connectivity index (χ0v) is 36.8. The van der Waals surface area contributed by atoms with Crippen LogP contribution in [0.25, 0.3) is 38.6 Å². The fraction of sp³-hybridized carbons (Fsp3) is 0.379. The van der Waals surface area contributed by atoms with Gasteiger partial charge in [0.05, 0.1) is 11.0 Å². The summed E-state index contributed by atoms with van der Waals surface area (Å²) in [6.07, 6.45) is 9.74. The molecule has 2 bridgehead atoms. The van der Waals surface area contributed by atoms with Gasteiger partial charge in [-0.05, 0) is 178 Å². The number of nitrogens with zero attached hydrogens (tertiary/aromatic N) is 2. The van der Waals surface area contributed by atoms with Crippen molar-refractivity contribution in [3.05, 3.63) is 156 Å². The highest BCUT2D eigenvalue weighted by molar-refractivity contribution is 6.10. The highest BCUT2D eigenvalue weighted by Gasteiger charge is 2.80. The minimum Gasteiger partial charge on any atom is -0.310 e. The van der Waals surface area contributed by atoms with E-state index < -0.39 is 0 Å². The van der Waals surface area contributed by atoms with Crippen LogP contribution in [0.1, 0.15) is 116 Å². The summed E-state index contributed by atoms with van der Waals surface area (Å²) in [5.74, 6) is 2.92. The predicted octanol–water partition coefficient (Wildman–Crippen LogP) is 15.6. The predicted molar refractivity (Wildman–Crippen MR) is 253 cm³/mol. The average Bonchev–Trinajstić information content (AvgIpc) is 3.86. The van der Waals surface area contributed by atoms with Gasteiger partial charge in [0.2, 0.25) is 0 Å². The molecule has 7 aromatic rings. The van der Waals surface area contributed by atoms with Crippen LogP contribution >= 0.6 is 0 Å². The third kappa shape index (κ3) is 5.00. The molecular weight excluding hydrogens is 725 g/mol. The second kappa shape index (κ2) is 12.3. The lowest BCUT2D eigenvalue weighted by atomic mass is 9.31. The molecule has 1 spiro atoms. The second-order valence-corrected chi connectivity index (χ2v) is 22.3. The molecule has 4 fully saturated rings. The molecular formula is C58H60N2. The minimum absolute atomic E-state index is 0.0516. The summed E-state index contributed by atoms with van der Waals surface area (Å²) in [4.78, 5) is 2.51. The lowest BCUT2D eigenvalue weighted by Gasteiger charge is -2.73. The van der Waals surface area contributed by atoms with Crippen LogP contribution in [-0.2, 0) is 21.7 Å². The fourth-order valence-electron chi connectivity index (χ4n) is 14.1. The Morgan fingerprint density at radius 3 is 1.93 bits per heavy atom. The fourth-order valence-corrected chi connectivity index (χ4v) is 14.1. The van der Waals surface area contributed by atoms with E-state index in [1.807, 2.05) is 0 Å². The van der Waals surface area contributed by atoms with Crippen LogP contribution < -0.4 is 4.90 Å². The number of aromatic nitrogens is 1. The largest absolute Gasteiger partial charge is 0.310 e. The Kier molecular flexibility index (Phi) is 7.52. The zero-order valence-electron chi connectivity index (χ0n) is 36.8. The molecule has 5 aliphatic carbocycles. The molecule has 5 unspecified atom stereocenters. The number of hydrogen-bond donors (Lipinski definition) is 0. The van der Waals surface area contributed by atoms with Crippen LogP contribution in [0.5, 0.6) is 0 Å². The minimum atomic E-state index is 0.0516. The van der Waals surface area contributed by atoms with Crippen LogP contribution in [-0.4, -0.2) is 4.57 Å². The topological polar surface area (TPSA) is 8.17 Å². The van der Waals surface area contributed by atoms with E-state index >= 15 is 0 Å². The van der Waals surface area contributed by atoms with Crippen LogP contribution in [0.15, 0.2) is 133 Å². The standard InChI is InChI=1S/C58H60N2/c1-54(2,3)41-17-26-52-49(31-41)48-24-22-47(33-53(48)60(52)46-23-25-50-51(32-46)56(6,7)28-27-55(50,4)5)59(44-18-13-39(14-19-44)38-11-9-8-10-12-38)45-20-15-40(16-21-45)57-34-37-29-42-30-43(36-57)58(42,57)35-37/h8-26,31-33,37,42-43H,27-30,34-36H2,1-7H3. The lowest BCUT2D eigenvalue weighted by molar-refractivity contribution is -0.198. The van der Waals surface area contributed by atoms with Gasteiger partial charge in [-0.3, -0.25) is 0 Å². The summed E-state index contributed by atoms with van der Waals surface area (Å²) >= 11 is 0.